The maximum Gasteiger partial charge on any atom is 0.352 e. The molecule has 0 saturated carbocycles. The van der Waals surface area contributed by atoms with Gasteiger partial charge in [0.1, 0.15) is 34.1 Å². The van der Waals surface area contributed by atoms with Crippen LogP contribution in [0, 0.1) is 0 Å². The highest BCUT2D eigenvalue weighted by molar-refractivity contribution is 7.99. The van der Waals surface area contributed by atoms with Crippen LogP contribution in [0.3, 0.4) is 0 Å². The van der Waals surface area contributed by atoms with Crippen LogP contribution in [0.4, 0.5) is 0 Å². The van der Waals surface area contributed by atoms with Gasteiger partial charge in [0.2, 0.25) is 12.0 Å². The average molecular weight is 649 g/mol. The van der Waals surface area contributed by atoms with Crippen LogP contribution in [0.15, 0.2) is 50.8 Å². The quantitative estimate of drug-likeness (QED) is 0.0751. The molecule has 3 aromatic heterocycles. The monoisotopic (exact) mass is 648 g/mol. The Morgan fingerprint density at radius 2 is 2.12 bits per heavy atom. The van der Waals surface area contributed by atoms with Crippen LogP contribution in [-0.2, 0) is 39.9 Å². The fourth-order valence-electron chi connectivity index (χ4n) is 4.18. The molecule has 16 nitrogen and oxygen atoms in total. The molecule has 2 unspecified atom stereocenters. The number of hydrogen-bond donors (Lipinski definition) is 2. The minimum absolute atomic E-state index is 0.108. The SMILES string of the molecule is CC(C)(C)OC(=O)CO/N=C(\C(=O)NC1C(=O)N2C(C(=O)O)=C(CSc3ccc4nncn4n3)C[S+]([O-])[C@H]12)c1cscn1. The van der Waals surface area contributed by atoms with E-state index in [1.54, 1.807) is 32.9 Å². The van der Waals surface area contributed by atoms with Gasteiger partial charge in [0, 0.05) is 16.7 Å². The number of β-lactam (4-membered cyclic amide) rings is 1. The van der Waals surface area contributed by atoms with E-state index in [9.17, 15) is 28.8 Å². The number of thioether (sulfide) groups is 1. The Bertz CT molecular complexity index is 1630. The zero-order valence-electron chi connectivity index (χ0n) is 22.8. The van der Waals surface area contributed by atoms with Crippen LogP contribution in [0.2, 0.25) is 0 Å². The standard InChI is InChI=1S/C24H24N8O8S3/c1-24(2,3)40-16(33)6-39-30-17(13-8-41-11-25-13)20(34)27-18-21(35)32-19(23(36)37)12(9-43(38)22(18)32)7-42-15-5-4-14-28-26-10-31(14)29-15/h4-5,8,10-11,18,22H,6-7,9H2,1-3H3,(H,27,34)(H,36,37)/b30-17-/t18?,22-,43?/m1/s1. The third kappa shape index (κ3) is 6.63. The van der Waals surface area contributed by atoms with Crippen LogP contribution < -0.4 is 5.32 Å². The minimum atomic E-state index is -1.74. The highest BCUT2D eigenvalue weighted by atomic mass is 32.2. The molecule has 1 fully saturated rings. The number of carboxylic acids is 1. The van der Waals surface area contributed by atoms with Gasteiger partial charge in [-0.05, 0) is 44.1 Å². The molecule has 2 aliphatic rings. The van der Waals surface area contributed by atoms with Gasteiger partial charge >= 0.3 is 11.9 Å². The predicted molar refractivity (Wildman–Crippen MR) is 152 cm³/mol. The Labute approximate surface area is 254 Å². The van der Waals surface area contributed by atoms with Crippen molar-refractivity contribution < 1.29 is 38.4 Å². The van der Waals surface area contributed by atoms with Crippen molar-refractivity contribution in [2.24, 2.45) is 5.16 Å². The first-order chi connectivity index (χ1) is 20.4. The molecule has 1 saturated heterocycles. The van der Waals surface area contributed by atoms with Crippen molar-refractivity contribution in [2.45, 2.75) is 42.8 Å². The highest BCUT2D eigenvalue weighted by Gasteiger charge is 2.61. The van der Waals surface area contributed by atoms with Crippen LogP contribution in [-0.4, -0.2) is 104 Å². The Balaban J connectivity index is 1.29. The summed E-state index contributed by atoms with van der Waals surface area (Å²) in [7, 11) is 0. The number of carbonyl (C=O) groups excluding carboxylic acids is 3. The van der Waals surface area contributed by atoms with E-state index in [0.29, 0.717) is 10.7 Å². The van der Waals surface area contributed by atoms with E-state index in [1.165, 1.54) is 44.8 Å². The van der Waals surface area contributed by atoms with E-state index in [1.807, 2.05) is 0 Å². The van der Waals surface area contributed by atoms with Gasteiger partial charge in [0.15, 0.2) is 17.4 Å². The topological polar surface area (TPSA) is 214 Å². The number of thiazole rings is 1. The molecular weight excluding hydrogens is 625 g/mol. The van der Waals surface area contributed by atoms with E-state index in [-0.39, 0.29) is 34.2 Å². The number of esters is 1. The van der Waals surface area contributed by atoms with E-state index in [2.05, 4.69) is 30.8 Å². The van der Waals surface area contributed by atoms with E-state index >= 15 is 0 Å². The molecule has 0 aromatic carbocycles. The molecule has 19 heteroatoms. The van der Waals surface area contributed by atoms with E-state index < -0.39 is 58.6 Å². The largest absolute Gasteiger partial charge is 0.614 e. The zero-order valence-corrected chi connectivity index (χ0v) is 25.3. The predicted octanol–water partition coefficient (Wildman–Crippen LogP) is 0.190. The number of fused-ring (bicyclic) bond motifs is 2. The summed E-state index contributed by atoms with van der Waals surface area (Å²) >= 11 is 0.630. The number of hydrogen-bond acceptors (Lipinski definition) is 14. The van der Waals surface area contributed by atoms with Crippen molar-refractivity contribution in [1.82, 2.24) is 35.0 Å². The van der Waals surface area contributed by atoms with Gasteiger partial charge in [-0.1, -0.05) is 16.9 Å². The molecule has 5 rings (SSSR count). The maximum atomic E-state index is 13.3. The molecule has 43 heavy (non-hydrogen) atoms. The van der Waals surface area contributed by atoms with Crippen molar-refractivity contribution in [3.8, 4) is 0 Å². The molecule has 0 spiro atoms. The number of carbonyl (C=O) groups is 4. The summed E-state index contributed by atoms with van der Waals surface area (Å²) in [4.78, 5) is 60.6. The van der Waals surface area contributed by atoms with Crippen LogP contribution in [0.5, 0.6) is 0 Å². The van der Waals surface area contributed by atoms with Gasteiger partial charge in [0.25, 0.3) is 11.8 Å². The van der Waals surface area contributed by atoms with E-state index in [0.717, 1.165) is 4.90 Å². The normalized spacial score (nSPS) is 20.5. The second-order valence-corrected chi connectivity index (χ2v) is 13.3. The molecule has 2 aliphatic heterocycles. The molecule has 226 valence electrons. The van der Waals surface area contributed by atoms with Crippen LogP contribution >= 0.6 is 23.1 Å². The van der Waals surface area contributed by atoms with Gasteiger partial charge in [0.05, 0.1) is 5.51 Å². The highest BCUT2D eigenvalue weighted by Crippen LogP contribution is 2.38. The second-order valence-electron chi connectivity index (χ2n) is 10.1. The summed E-state index contributed by atoms with van der Waals surface area (Å²) in [5, 5.41) is 29.1. The summed E-state index contributed by atoms with van der Waals surface area (Å²) in [6, 6.07) is 2.10. The van der Waals surface area contributed by atoms with Crippen molar-refractivity contribution in [3.63, 3.8) is 0 Å². The Hall–Kier alpha value is -4.07. The lowest BCUT2D eigenvalue weighted by atomic mass is 10.0. The molecular formula is C24H24N8O8S3. The maximum absolute atomic E-state index is 13.3. The molecule has 0 aliphatic carbocycles. The van der Waals surface area contributed by atoms with Gasteiger partial charge < -0.3 is 24.6 Å². The zero-order chi connectivity index (χ0) is 30.9. The summed E-state index contributed by atoms with van der Waals surface area (Å²) in [5.41, 5.74) is 1.01. The third-order valence-electron chi connectivity index (χ3n) is 5.87. The fraction of sp³-hybridized carbons (Fsp3) is 0.375. The minimum Gasteiger partial charge on any atom is -0.614 e. The Kier molecular flexibility index (Phi) is 8.67. The number of carboxylic acid groups (broad SMARTS) is 1. The van der Waals surface area contributed by atoms with Crippen molar-refractivity contribution in [2.75, 3.05) is 18.1 Å². The summed E-state index contributed by atoms with van der Waals surface area (Å²) < 4.78 is 19.9. The molecule has 3 atom stereocenters. The molecule has 0 radical (unpaired) electrons. The van der Waals surface area contributed by atoms with Crippen LogP contribution in [0.25, 0.3) is 5.65 Å². The number of rotatable bonds is 10. The Morgan fingerprint density at radius 3 is 2.81 bits per heavy atom. The summed E-state index contributed by atoms with van der Waals surface area (Å²) in [5.74, 6) is -3.73. The van der Waals surface area contributed by atoms with Crippen LogP contribution in [0.1, 0.15) is 26.5 Å². The lowest BCUT2D eigenvalue weighted by Gasteiger charge is -2.49. The molecule has 2 amide bonds. The first kappa shape index (κ1) is 30.4. The summed E-state index contributed by atoms with van der Waals surface area (Å²) in [6.45, 7) is 4.46. The molecule has 2 N–H and O–H groups in total. The number of oxime groups is 1. The third-order valence-corrected chi connectivity index (χ3v) is 9.12. The molecule has 5 heterocycles. The van der Waals surface area contributed by atoms with Gasteiger partial charge in [-0.25, -0.2) is 14.6 Å². The number of ether oxygens (including phenoxy) is 1. The fourth-order valence-corrected chi connectivity index (χ4v) is 7.40. The Morgan fingerprint density at radius 1 is 1.33 bits per heavy atom. The number of aliphatic carboxylic acids is 1. The first-order valence-corrected chi connectivity index (χ1v) is 15.8. The molecule has 3 aromatic rings. The summed E-state index contributed by atoms with van der Waals surface area (Å²) in [6.07, 6.45) is 1.42. The number of nitrogens with zero attached hydrogens (tertiary/aromatic N) is 7. The van der Waals surface area contributed by atoms with E-state index in [4.69, 9.17) is 9.57 Å². The van der Waals surface area contributed by atoms with Crippen molar-refractivity contribution in [3.05, 3.63) is 46.3 Å². The second kappa shape index (κ2) is 12.3. The van der Waals surface area contributed by atoms with Crippen molar-refractivity contribution in [1.29, 1.82) is 0 Å². The number of aromatic nitrogens is 5. The van der Waals surface area contributed by atoms with Gasteiger partial charge in [-0.3, -0.25) is 14.5 Å². The smallest absolute Gasteiger partial charge is 0.352 e. The lowest BCUT2D eigenvalue weighted by Crippen LogP contribution is -2.75. The lowest BCUT2D eigenvalue weighted by molar-refractivity contribution is -0.160. The number of nitrogens with one attached hydrogen (secondary N) is 1. The van der Waals surface area contributed by atoms with Crippen molar-refractivity contribution >= 4 is 69.4 Å². The number of amides is 2. The van der Waals surface area contributed by atoms with Gasteiger partial charge in [-0.15, -0.1) is 21.5 Å². The first-order valence-electron chi connectivity index (χ1n) is 12.5. The van der Waals surface area contributed by atoms with Gasteiger partial charge in [-0.2, -0.15) is 9.61 Å². The molecule has 0 bridgehead atoms. The average Bonchev–Trinajstić information content (AvgIpc) is 3.63.